The Morgan fingerprint density at radius 3 is 2.84 bits per heavy atom. The van der Waals surface area contributed by atoms with Gasteiger partial charge >= 0.3 is 0 Å². The Balaban J connectivity index is 2.20. The first-order chi connectivity index (χ1) is 9.11. The number of aryl methyl sites for hydroxylation is 2. The fourth-order valence-corrected chi connectivity index (χ4v) is 1.78. The second-order valence-corrected chi connectivity index (χ2v) is 4.39. The van der Waals surface area contributed by atoms with E-state index in [4.69, 9.17) is 15.7 Å². The van der Waals surface area contributed by atoms with Gasteiger partial charge in [-0.3, -0.25) is 0 Å². The van der Waals surface area contributed by atoms with Crippen LogP contribution in [0.4, 0.5) is 5.69 Å². The third-order valence-electron chi connectivity index (χ3n) is 2.94. The lowest BCUT2D eigenvalue weighted by atomic mass is 10.1. The Bertz CT molecular complexity index is 644. The number of anilines is 1. The minimum atomic E-state index is 0.320. The fraction of sp³-hybridized carbons (Fsp3) is 0.200. The number of hydrogen-bond acceptors (Lipinski definition) is 4. The van der Waals surface area contributed by atoms with Crippen molar-refractivity contribution in [1.29, 1.82) is 5.26 Å². The van der Waals surface area contributed by atoms with E-state index in [1.165, 1.54) is 0 Å². The van der Waals surface area contributed by atoms with Crippen LogP contribution in [0.5, 0.6) is 5.75 Å². The van der Waals surface area contributed by atoms with Crippen molar-refractivity contribution in [3.63, 3.8) is 0 Å². The first kappa shape index (κ1) is 12.9. The van der Waals surface area contributed by atoms with Crippen LogP contribution in [0.2, 0.25) is 0 Å². The van der Waals surface area contributed by atoms with Gasteiger partial charge in [0.05, 0.1) is 0 Å². The van der Waals surface area contributed by atoms with Crippen LogP contribution in [0.1, 0.15) is 22.4 Å². The SMILES string of the molecule is Cc1cc(OCc2cccnc2C#N)c(C)cc1N. The number of benzene rings is 1. The van der Waals surface area contributed by atoms with Gasteiger partial charge < -0.3 is 10.5 Å². The fourth-order valence-electron chi connectivity index (χ4n) is 1.78. The third kappa shape index (κ3) is 2.83. The minimum absolute atomic E-state index is 0.320. The number of nitrogen functional groups attached to an aromatic ring is 1. The molecule has 0 amide bonds. The topological polar surface area (TPSA) is 71.9 Å². The molecule has 2 aromatic rings. The number of hydrogen-bond donors (Lipinski definition) is 1. The van der Waals surface area contributed by atoms with E-state index in [9.17, 15) is 0 Å². The van der Waals surface area contributed by atoms with E-state index in [2.05, 4.69) is 11.1 Å². The van der Waals surface area contributed by atoms with Crippen molar-refractivity contribution in [2.24, 2.45) is 0 Å². The molecular weight excluding hydrogens is 238 g/mol. The highest BCUT2D eigenvalue weighted by atomic mass is 16.5. The molecule has 0 unspecified atom stereocenters. The molecule has 0 atom stereocenters. The van der Waals surface area contributed by atoms with Crippen LogP contribution in [-0.4, -0.2) is 4.98 Å². The zero-order valence-electron chi connectivity index (χ0n) is 11.0. The highest BCUT2D eigenvalue weighted by Crippen LogP contribution is 2.25. The van der Waals surface area contributed by atoms with Crippen molar-refractivity contribution < 1.29 is 4.74 Å². The summed E-state index contributed by atoms with van der Waals surface area (Å²) in [7, 11) is 0. The number of nitriles is 1. The van der Waals surface area contributed by atoms with Gasteiger partial charge in [0.25, 0.3) is 0 Å². The third-order valence-corrected chi connectivity index (χ3v) is 2.94. The van der Waals surface area contributed by atoms with E-state index in [0.29, 0.717) is 12.3 Å². The second kappa shape index (κ2) is 5.40. The predicted molar refractivity (Wildman–Crippen MR) is 73.6 cm³/mol. The lowest BCUT2D eigenvalue weighted by Crippen LogP contribution is -2.02. The number of ether oxygens (including phenoxy) is 1. The van der Waals surface area contributed by atoms with Crippen LogP contribution in [0.25, 0.3) is 0 Å². The average molecular weight is 253 g/mol. The van der Waals surface area contributed by atoms with Crippen LogP contribution in [-0.2, 0) is 6.61 Å². The van der Waals surface area contributed by atoms with E-state index in [-0.39, 0.29) is 0 Å². The zero-order valence-corrected chi connectivity index (χ0v) is 11.0. The molecule has 1 aromatic heterocycles. The van der Waals surface area contributed by atoms with Crippen molar-refractivity contribution >= 4 is 5.69 Å². The van der Waals surface area contributed by atoms with Crippen molar-refractivity contribution in [2.45, 2.75) is 20.5 Å². The Labute approximate surface area is 112 Å². The zero-order chi connectivity index (χ0) is 13.8. The van der Waals surface area contributed by atoms with Crippen LogP contribution in [0.3, 0.4) is 0 Å². The maximum Gasteiger partial charge on any atom is 0.147 e. The van der Waals surface area contributed by atoms with Gasteiger partial charge in [0.15, 0.2) is 0 Å². The van der Waals surface area contributed by atoms with Crippen LogP contribution in [0.15, 0.2) is 30.5 Å². The quantitative estimate of drug-likeness (QED) is 0.854. The van der Waals surface area contributed by atoms with Gasteiger partial charge in [-0.15, -0.1) is 0 Å². The normalized spacial score (nSPS) is 9.95. The summed E-state index contributed by atoms with van der Waals surface area (Å²) in [5.74, 6) is 0.777. The molecule has 2 rings (SSSR count). The minimum Gasteiger partial charge on any atom is -0.489 e. The molecule has 2 N–H and O–H groups in total. The number of pyridine rings is 1. The molecule has 4 nitrogen and oxygen atoms in total. The first-order valence-electron chi connectivity index (χ1n) is 5.95. The lowest BCUT2D eigenvalue weighted by molar-refractivity contribution is 0.303. The molecule has 19 heavy (non-hydrogen) atoms. The molecule has 96 valence electrons. The summed E-state index contributed by atoms with van der Waals surface area (Å²) < 4.78 is 5.75. The summed E-state index contributed by atoms with van der Waals surface area (Å²) in [4.78, 5) is 4.00. The molecule has 0 aliphatic carbocycles. The van der Waals surface area contributed by atoms with Crippen molar-refractivity contribution in [2.75, 3.05) is 5.73 Å². The molecule has 0 saturated carbocycles. The van der Waals surface area contributed by atoms with Gasteiger partial charge in [0, 0.05) is 17.4 Å². The highest BCUT2D eigenvalue weighted by molar-refractivity contribution is 5.53. The number of nitrogens with two attached hydrogens (primary N) is 1. The van der Waals surface area contributed by atoms with Gasteiger partial charge in [0.2, 0.25) is 0 Å². The number of nitrogens with zero attached hydrogens (tertiary/aromatic N) is 2. The van der Waals surface area contributed by atoms with Crippen molar-refractivity contribution in [1.82, 2.24) is 4.98 Å². The lowest BCUT2D eigenvalue weighted by Gasteiger charge is -2.12. The Kier molecular flexibility index (Phi) is 3.67. The summed E-state index contributed by atoms with van der Waals surface area (Å²) in [5, 5.41) is 8.97. The highest BCUT2D eigenvalue weighted by Gasteiger charge is 2.06. The number of rotatable bonds is 3. The smallest absolute Gasteiger partial charge is 0.147 e. The van der Waals surface area contributed by atoms with E-state index >= 15 is 0 Å². The molecule has 0 spiro atoms. The first-order valence-corrected chi connectivity index (χ1v) is 5.95. The van der Waals surface area contributed by atoms with E-state index in [1.54, 1.807) is 12.3 Å². The molecular formula is C15H15N3O. The Hall–Kier alpha value is -2.54. The maximum atomic E-state index is 8.97. The Morgan fingerprint density at radius 2 is 2.11 bits per heavy atom. The molecule has 0 fully saturated rings. The largest absolute Gasteiger partial charge is 0.489 e. The molecule has 1 heterocycles. The van der Waals surface area contributed by atoms with Crippen LogP contribution < -0.4 is 10.5 Å². The molecule has 0 aliphatic heterocycles. The van der Waals surface area contributed by atoms with Crippen molar-refractivity contribution in [3.05, 3.63) is 52.8 Å². The van der Waals surface area contributed by atoms with Gasteiger partial charge in [-0.05, 0) is 43.2 Å². The molecule has 0 bridgehead atoms. The predicted octanol–water partition coefficient (Wildman–Crippen LogP) is 2.73. The summed E-state index contributed by atoms with van der Waals surface area (Å²) >= 11 is 0. The Morgan fingerprint density at radius 1 is 1.32 bits per heavy atom. The molecule has 0 radical (unpaired) electrons. The maximum absolute atomic E-state index is 8.97. The summed E-state index contributed by atoms with van der Waals surface area (Å²) in [5.41, 5.74) is 9.72. The summed E-state index contributed by atoms with van der Waals surface area (Å²) in [6, 6.07) is 9.48. The summed E-state index contributed by atoms with van der Waals surface area (Å²) in [6.45, 7) is 4.20. The van der Waals surface area contributed by atoms with Crippen molar-refractivity contribution in [3.8, 4) is 11.8 Å². The molecule has 4 heteroatoms. The van der Waals surface area contributed by atoms with E-state index < -0.39 is 0 Å². The monoisotopic (exact) mass is 253 g/mol. The number of aromatic nitrogens is 1. The standard InChI is InChI=1S/C15H15N3O/c1-10-7-15(11(2)6-13(10)17)19-9-12-4-3-5-18-14(12)8-16/h3-7H,9,17H2,1-2H3. The van der Waals surface area contributed by atoms with Crippen LogP contribution >= 0.6 is 0 Å². The van der Waals surface area contributed by atoms with Crippen LogP contribution in [0, 0.1) is 25.2 Å². The van der Waals surface area contributed by atoms with Gasteiger partial charge in [-0.2, -0.15) is 5.26 Å². The van der Waals surface area contributed by atoms with Gasteiger partial charge in [0.1, 0.15) is 24.1 Å². The van der Waals surface area contributed by atoms with E-state index in [0.717, 1.165) is 28.1 Å². The molecule has 1 aromatic carbocycles. The van der Waals surface area contributed by atoms with Gasteiger partial charge in [-0.1, -0.05) is 6.07 Å². The second-order valence-electron chi connectivity index (χ2n) is 4.39. The van der Waals surface area contributed by atoms with Gasteiger partial charge in [-0.25, -0.2) is 4.98 Å². The average Bonchev–Trinajstić information content (AvgIpc) is 2.41. The molecule has 0 saturated heterocycles. The van der Waals surface area contributed by atoms with E-state index in [1.807, 2.05) is 32.0 Å². The molecule has 0 aliphatic rings. The summed E-state index contributed by atoms with van der Waals surface area (Å²) in [6.07, 6.45) is 1.60.